The first-order valence-electron chi connectivity index (χ1n) is 10.4. The molecule has 10 heteroatoms. The van der Waals surface area contributed by atoms with E-state index in [9.17, 15) is 13.2 Å². The number of hydrogen-bond donors (Lipinski definition) is 1. The molecule has 33 heavy (non-hydrogen) atoms. The number of ether oxygens (including phenoxy) is 2. The number of carbonyl (C=O) groups excluding carboxylic acids is 1. The van der Waals surface area contributed by atoms with E-state index < -0.39 is 15.9 Å². The lowest BCUT2D eigenvalue weighted by Gasteiger charge is -2.16. The third kappa shape index (κ3) is 4.17. The maximum absolute atomic E-state index is 12.1. The van der Waals surface area contributed by atoms with Gasteiger partial charge in [-0.1, -0.05) is 6.92 Å². The second kappa shape index (κ2) is 8.28. The molecular weight excluding hydrogens is 444 g/mol. The topological polar surface area (TPSA) is 124 Å². The molecule has 1 atom stereocenters. The summed E-state index contributed by atoms with van der Waals surface area (Å²) in [7, 11) is -3.30. The Labute approximate surface area is 189 Å². The Balaban J connectivity index is 1.55. The maximum Gasteiger partial charge on any atom is 0.306 e. The van der Waals surface area contributed by atoms with E-state index in [1.807, 2.05) is 6.07 Å². The smallest absolute Gasteiger partial charge is 0.306 e. The van der Waals surface area contributed by atoms with Gasteiger partial charge in [-0.25, -0.2) is 18.4 Å². The van der Waals surface area contributed by atoms with Crippen LogP contribution >= 0.6 is 0 Å². The molecule has 168 valence electrons. The Hall–Kier alpha value is -3.79. The summed E-state index contributed by atoms with van der Waals surface area (Å²) in [6.45, 7) is 1.60. The lowest BCUT2D eigenvalue weighted by Crippen LogP contribution is -2.03. The standard InChI is InChI=1S/C23H20N4O5S/c1-2-33(29,30)15-5-3-14(4-6-15)31-21-12-18-17(11-16(21)20-7-8-22(28)32-20)26-23(27-18)19-13-24-9-10-25-19/h3-6,9-13,20H,2,7-8H2,1H3,(H,26,27). The van der Waals surface area contributed by atoms with E-state index in [1.54, 1.807) is 43.7 Å². The van der Waals surface area contributed by atoms with Gasteiger partial charge in [0.2, 0.25) is 0 Å². The van der Waals surface area contributed by atoms with Gasteiger partial charge in [0.05, 0.1) is 27.9 Å². The molecule has 4 aromatic rings. The van der Waals surface area contributed by atoms with Gasteiger partial charge in [0.1, 0.15) is 23.3 Å². The van der Waals surface area contributed by atoms with Gasteiger partial charge < -0.3 is 14.5 Å². The van der Waals surface area contributed by atoms with Crippen molar-refractivity contribution in [3.8, 4) is 23.0 Å². The normalized spacial score (nSPS) is 16.2. The van der Waals surface area contributed by atoms with Crippen molar-refractivity contribution >= 4 is 26.8 Å². The summed E-state index contributed by atoms with van der Waals surface area (Å²) in [6, 6.07) is 9.87. The largest absolute Gasteiger partial charge is 0.457 e. The molecule has 5 rings (SSSR count). The Morgan fingerprint density at radius 3 is 2.67 bits per heavy atom. The summed E-state index contributed by atoms with van der Waals surface area (Å²) in [5, 5.41) is 0. The third-order valence-corrected chi connectivity index (χ3v) is 7.19. The van der Waals surface area contributed by atoms with Crippen LogP contribution in [-0.2, 0) is 19.4 Å². The molecule has 0 saturated carbocycles. The van der Waals surface area contributed by atoms with E-state index >= 15 is 0 Å². The van der Waals surface area contributed by atoms with Crippen molar-refractivity contribution in [2.75, 3.05) is 5.75 Å². The number of nitrogens with zero attached hydrogens (tertiary/aromatic N) is 3. The van der Waals surface area contributed by atoms with Crippen LogP contribution in [0.25, 0.3) is 22.6 Å². The number of cyclic esters (lactones) is 1. The number of rotatable bonds is 6. The highest BCUT2D eigenvalue weighted by Crippen LogP contribution is 2.39. The SMILES string of the molecule is CCS(=O)(=O)c1ccc(Oc2cc3[nH]c(-c4cnccn4)nc3cc2C2CCC(=O)O2)cc1. The zero-order chi connectivity index (χ0) is 23.0. The molecule has 2 aromatic heterocycles. The van der Waals surface area contributed by atoms with E-state index in [4.69, 9.17) is 9.47 Å². The molecule has 1 N–H and O–H groups in total. The zero-order valence-electron chi connectivity index (χ0n) is 17.7. The molecule has 3 heterocycles. The number of imidazole rings is 1. The second-order valence-corrected chi connectivity index (χ2v) is 9.86. The maximum atomic E-state index is 12.1. The fraction of sp³-hybridized carbons (Fsp3) is 0.217. The minimum atomic E-state index is -3.30. The Morgan fingerprint density at radius 2 is 2.00 bits per heavy atom. The van der Waals surface area contributed by atoms with Gasteiger partial charge in [-0.3, -0.25) is 9.78 Å². The second-order valence-electron chi connectivity index (χ2n) is 7.58. The number of esters is 1. The van der Waals surface area contributed by atoms with Crippen LogP contribution in [0.1, 0.15) is 31.4 Å². The molecule has 1 saturated heterocycles. The molecule has 0 bridgehead atoms. The predicted octanol–water partition coefficient (Wildman–Crippen LogP) is 3.98. The first-order valence-corrected chi connectivity index (χ1v) is 12.1. The third-order valence-electron chi connectivity index (χ3n) is 5.44. The number of hydrogen-bond acceptors (Lipinski definition) is 8. The van der Waals surface area contributed by atoms with Crippen molar-refractivity contribution in [3.05, 3.63) is 60.6 Å². The molecule has 1 aliphatic rings. The number of fused-ring (bicyclic) bond motifs is 1. The van der Waals surface area contributed by atoms with Crippen LogP contribution in [0, 0.1) is 0 Å². The Morgan fingerprint density at radius 1 is 1.18 bits per heavy atom. The van der Waals surface area contributed by atoms with Crippen LogP contribution in [0.4, 0.5) is 0 Å². The van der Waals surface area contributed by atoms with Crippen molar-refractivity contribution in [1.82, 2.24) is 19.9 Å². The quantitative estimate of drug-likeness (QED) is 0.425. The Kier molecular flexibility index (Phi) is 5.29. The molecule has 9 nitrogen and oxygen atoms in total. The van der Waals surface area contributed by atoms with Crippen LogP contribution in [0.2, 0.25) is 0 Å². The van der Waals surface area contributed by atoms with Crippen molar-refractivity contribution < 1.29 is 22.7 Å². The highest BCUT2D eigenvalue weighted by atomic mass is 32.2. The average molecular weight is 465 g/mol. The fourth-order valence-electron chi connectivity index (χ4n) is 3.69. The minimum absolute atomic E-state index is 0.0228. The Bertz CT molecular complexity index is 1430. The van der Waals surface area contributed by atoms with Crippen molar-refractivity contribution in [2.24, 2.45) is 0 Å². The van der Waals surface area contributed by atoms with Gasteiger partial charge in [0.25, 0.3) is 0 Å². The summed E-state index contributed by atoms with van der Waals surface area (Å²) >= 11 is 0. The van der Waals surface area contributed by atoms with Gasteiger partial charge in [-0.05, 0) is 36.8 Å². The molecule has 1 unspecified atom stereocenters. The summed E-state index contributed by atoms with van der Waals surface area (Å²) in [5.74, 6) is 1.27. The van der Waals surface area contributed by atoms with Crippen LogP contribution in [0.15, 0.2) is 59.9 Å². The van der Waals surface area contributed by atoms with E-state index in [0.29, 0.717) is 52.5 Å². The lowest BCUT2D eigenvalue weighted by atomic mass is 10.0. The number of benzene rings is 2. The van der Waals surface area contributed by atoms with Gasteiger partial charge >= 0.3 is 5.97 Å². The number of aromatic amines is 1. The first-order chi connectivity index (χ1) is 15.9. The molecule has 2 aromatic carbocycles. The van der Waals surface area contributed by atoms with Gasteiger partial charge in [0, 0.05) is 30.4 Å². The van der Waals surface area contributed by atoms with E-state index in [0.717, 1.165) is 0 Å². The number of carbonyl (C=O) groups is 1. The van der Waals surface area contributed by atoms with Gasteiger partial charge in [-0.15, -0.1) is 0 Å². The summed E-state index contributed by atoms with van der Waals surface area (Å²) in [4.78, 5) is 28.2. The summed E-state index contributed by atoms with van der Waals surface area (Å²) in [5.41, 5.74) is 2.67. The predicted molar refractivity (Wildman–Crippen MR) is 119 cm³/mol. The molecule has 0 spiro atoms. The average Bonchev–Trinajstić information content (AvgIpc) is 3.45. The molecule has 1 aliphatic heterocycles. The first kappa shape index (κ1) is 21.1. The number of aromatic nitrogens is 4. The molecule has 1 fully saturated rings. The number of sulfone groups is 1. The summed E-state index contributed by atoms with van der Waals surface area (Å²) in [6.07, 6.45) is 5.20. The van der Waals surface area contributed by atoms with E-state index in [2.05, 4.69) is 19.9 Å². The lowest BCUT2D eigenvalue weighted by molar-refractivity contribution is -0.141. The zero-order valence-corrected chi connectivity index (χ0v) is 18.5. The van der Waals surface area contributed by atoms with Crippen LogP contribution in [-0.4, -0.2) is 40.1 Å². The highest BCUT2D eigenvalue weighted by Gasteiger charge is 2.29. The summed E-state index contributed by atoms with van der Waals surface area (Å²) < 4.78 is 35.8. The van der Waals surface area contributed by atoms with E-state index in [1.165, 1.54) is 12.1 Å². The van der Waals surface area contributed by atoms with Crippen molar-refractivity contribution in [2.45, 2.75) is 30.8 Å². The van der Waals surface area contributed by atoms with Gasteiger partial charge in [0.15, 0.2) is 15.7 Å². The number of H-pyrrole nitrogens is 1. The minimum Gasteiger partial charge on any atom is -0.457 e. The van der Waals surface area contributed by atoms with Crippen LogP contribution < -0.4 is 4.74 Å². The molecule has 0 aliphatic carbocycles. The van der Waals surface area contributed by atoms with Crippen molar-refractivity contribution in [3.63, 3.8) is 0 Å². The van der Waals surface area contributed by atoms with Crippen molar-refractivity contribution in [1.29, 1.82) is 0 Å². The monoisotopic (exact) mass is 464 g/mol. The van der Waals surface area contributed by atoms with Crippen LogP contribution in [0.5, 0.6) is 11.5 Å². The van der Waals surface area contributed by atoms with Crippen LogP contribution in [0.3, 0.4) is 0 Å². The van der Waals surface area contributed by atoms with Gasteiger partial charge in [-0.2, -0.15) is 0 Å². The number of nitrogens with one attached hydrogen (secondary N) is 1. The highest BCUT2D eigenvalue weighted by molar-refractivity contribution is 7.91. The fourth-order valence-corrected chi connectivity index (χ4v) is 4.57. The van der Waals surface area contributed by atoms with E-state index in [-0.39, 0.29) is 16.6 Å². The molecule has 0 amide bonds. The molecule has 0 radical (unpaired) electrons. The molecular formula is C23H20N4O5S.